The Bertz CT molecular complexity index is 858. The third kappa shape index (κ3) is 5.27. The van der Waals surface area contributed by atoms with Gasteiger partial charge in [0.05, 0.1) is 4.92 Å². The van der Waals surface area contributed by atoms with Crippen molar-refractivity contribution in [3.05, 3.63) is 69.8 Å². The van der Waals surface area contributed by atoms with E-state index in [2.05, 4.69) is 10.6 Å². The van der Waals surface area contributed by atoms with Crippen LogP contribution in [0.25, 0.3) is 6.08 Å². The molecule has 0 fully saturated rings. The third-order valence-electron chi connectivity index (χ3n) is 3.63. The summed E-state index contributed by atoms with van der Waals surface area (Å²) in [5, 5.41) is 16.1. The van der Waals surface area contributed by atoms with Gasteiger partial charge in [0, 0.05) is 36.0 Å². The molecule has 0 unspecified atom stereocenters. The maximum absolute atomic E-state index is 12.1. The Morgan fingerprint density at radius 2 is 1.81 bits per heavy atom. The SMILES string of the molecule is CCC(=O)Nc1ccc(C)c(NC(=O)/C=C/c2ccc([N+](=O)[O-])cc2)c1. The Morgan fingerprint density at radius 3 is 2.42 bits per heavy atom. The van der Waals surface area contributed by atoms with E-state index in [4.69, 9.17) is 0 Å². The standard InChI is InChI=1S/C19H19N3O4/c1-3-18(23)20-15-8-4-13(2)17(12-15)21-19(24)11-7-14-5-9-16(10-6-14)22(25)26/h4-12H,3H2,1-2H3,(H,20,23)(H,21,24)/b11-7+. The van der Waals surface area contributed by atoms with Crippen molar-refractivity contribution in [3.63, 3.8) is 0 Å². The van der Waals surface area contributed by atoms with Crippen LogP contribution >= 0.6 is 0 Å². The molecule has 0 saturated carbocycles. The average molecular weight is 353 g/mol. The van der Waals surface area contributed by atoms with Gasteiger partial charge in [0.25, 0.3) is 5.69 Å². The van der Waals surface area contributed by atoms with Crippen LogP contribution in [0.3, 0.4) is 0 Å². The second-order valence-corrected chi connectivity index (χ2v) is 5.60. The van der Waals surface area contributed by atoms with Crippen LogP contribution in [0, 0.1) is 17.0 Å². The number of amides is 2. The van der Waals surface area contributed by atoms with E-state index in [-0.39, 0.29) is 17.5 Å². The predicted octanol–water partition coefficient (Wildman–Crippen LogP) is 3.90. The molecular formula is C19H19N3O4. The minimum atomic E-state index is -0.479. The van der Waals surface area contributed by atoms with Crippen LogP contribution in [-0.4, -0.2) is 16.7 Å². The zero-order valence-electron chi connectivity index (χ0n) is 14.5. The summed E-state index contributed by atoms with van der Waals surface area (Å²) in [5.41, 5.74) is 2.73. The van der Waals surface area contributed by atoms with Gasteiger partial charge < -0.3 is 10.6 Å². The Morgan fingerprint density at radius 1 is 1.12 bits per heavy atom. The fourth-order valence-electron chi connectivity index (χ4n) is 2.14. The van der Waals surface area contributed by atoms with E-state index in [9.17, 15) is 19.7 Å². The Kier molecular flexibility index (Phi) is 6.21. The highest BCUT2D eigenvalue weighted by Gasteiger charge is 2.06. The van der Waals surface area contributed by atoms with E-state index in [0.29, 0.717) is 23.4 Å². The molecule has 0 atom stereocenters. The lowest BCUT2D eigenvalue weighted by molar-refractivity contribution is -0.384. The van der Waals surface area contributed by atoms with E-state index >= 15 is 0 Å². The molecule has 0 heterocycles. The summed E-state index contributed by atoms with van der Waals surface area (Å²) in [7, 11) is 0. The molecule has 7 heteroatoms. The highest BCUT2D eigenvalue weighted by atomic mass is 16.6. The second-order valence-electron chi connectivity index (χ2n) is 5.60. The molecule has 0 aromatic heterocycles. The van der Waals surface area contributed by atoms with Crippen molar-refractivity contribution in [2.45, 2.75) is 20.3 Å². The molecule has 2 aromatic rings. The highest BCUT2D eigenvalue weighted by molar-refractivity contribution is 6.03. The number of carbonyl (C=O) groups excluding carboxylic acids is 2. The molecule has 134 valence electrons. The van der Waals surface area contributed by atoms with Crippen LogP contribution in [0.1, 0.15) is 24.5 Å². The Balaban J connectivity index is 2.05. The van der Waals surface area contributed by atoms with E-state index in [1.807, 2.05) is 6.92 Å². The lowest BCUT2D eigenvalue weighted by atomic mass is 10.1. The molecular weight excluding hydrogens is 334 g/mol. The van der Waals surface area contributed by atoms with Gasteiger partial charge in [-0.2, -0.15) is 0 Å². The molecule has 0 spiro atoms. The second kappa shape index (κ2) is 8.57. The maximum Gasteiger partial charge on any atom is 0.269 e. The van der Waals surface area contributed by atoms with Gasteiger partial charge in [-0.25, -0.2) is 0 Å². The summed E-state index contributed by atoms with van der Waals surface area (Å²) in [6.07, 6.45) is 3.28. The molecule has 0 radical (unpaired) electrons. The lowest BCUT2D eigenvalue weighted by Gasteiger charge is -2.10. The number of nitrogens with zero attached hydrogens (tertiary/aromatic N) is 1. The first-order chi connectivity index (χ1) is 12.4. The van der Waals surface area contributed by atoms with Gasteiger partial charge in [0.1, 0.15) is 0 Å². The van der Waals surface area contributed by atoms with E-state index < -0.39 is 4.92 Å². The molecule has 0 saturated heterocycles. The van der Waals surface area contributed by atoms with Crippen LogP contribution in [0.15, 0.2) is 48.5 Å². The van der Waals surface area contributed by atoms with Crippen LogP contribution < -0.4 is 10.6 Å². The first-order valence-electron chi connectivity index (χ1n) is 8.03. The van der Waals surface area contributed by atoms with Crippen molar-refractivity contribution in [2.24, 2.45) is 0 Å². The van der Waals surface area contributed by atoms with Crippen molar-refractivity contribution in [3.8, 4) is 0 Å². The molecule has 2 N–H and O–H groups in total. The highest BCUT2D eigenvalue weighted by Crippen LogP contribution is 2.21. The molecule has 2 aromatic carbocycles. The number of nitro benzene ring substituents is 1. The molecule has 2 rings (SSSR count). The molecule has 26 heavy (non-hydrogen) atoms. The van der Waals surface area contributed by atoms with Gasteiger partial charge in [-0.1, -0.05) is 13.0 Å². The zero-order chi connectivity index (χ0) is 19.1. The van der Waals surface area contributed by atoms with Crippen LogP contribution in [0.2, 0.25) is 0 Å². The number of aryl methyl sites for hydroxylation is 1. The molecule has 0 bridgehead atoms. The molecule has 0 aliphatic rings. The first kappa shape index (κ1) is 18.9. The fourth-order valence-corrected chi connectivity index (χ4v) is 2.14. The van der Waals surface area contributed by atoms with E-state index in [1.54, 1.807) is 43.3 Å². The van der Waals surface area contributed by atoms with Crippen molar-refractivity contribution >= 4 is 35.0 Å². The van der Waals surface area contributed by atoms with Crippen LogP contribution in [0.5, 0.6) is 0 Å². The number of anilines is 2. The summed E-state index contributed by atoms with van der Waals surface area (Å²) < 4.78 is 0. The Labute approximate surface area is 150 Å². The monoisotopic (exact) mass is 353 g/mol. The Hall–Kier alpha value is -3.48. The quantitative estimate of drug-likeness (QED) is 0.467. The fraction of sp³-hybridized carbons (Fsp3) is 0.158. The van der Waals surface area contributed by atoms with Gasteiger partial charge >= 0.3 is 0 Å². The number of rotatable bonds is 6. The summed E-state index contributed by atoms with van der Waals surface area (Å²) >= 11 is 0. The largest absolute Gasteiger partial charge is 0.326 e. The number of carbonyl (C=O) groups is 2. The number of nitrogens with one attached hydrogen (secondary N) is 2. The predicted molar refractivity (Wildman–Crippen MR) is 101 cm³/mol. The van der Waals surface area contributed by atoms with Gasteiger partial charge in [0.2, 0.25) is 11.8 Å². The number of hydrogen-bond donors (Lipinski definition) is 2. The normalized spacial score (nSPS) is 10.5. The minimum Gasteiger partial charge on any atom is -0.326 e. The zero-order valence-corrected chi connectivity index (χ0v) is 14.5. The third-order valence-corrected chi connectivity index (χ3v) is 3.63. The molecule has 0 aliphatic carbocycles. The van der Waals surface area contributed by atoms with Gasteiger partial charge in [-0.15, -0.1) is 0 Å². The van der Waals surface area contributed by atoms with Crippen LogP contribution in [-0.2, 0) is 9.59 Å². The number of benzene rings is 2. The van der Waals surface area contributed by atoms with Gasteiger partial charge in [-0.3, -0.25) is 19.7 Å². The average Bonchev–Trinajstić information content (AvgIpc) is 2.63. The molecule has 7 nitrogen and oxygen atoms in total. The van der Waals surface area contributed by atoms with Crippen molar-refractivity contribution < 1.29 is 14.5 Å². The molecule has 0 aliphatic heterocycles. The lowest BCUT2D eigenvalue weighted by Crippen LogP contribution is -2.12. The van der Waals surface area contributed by atoms with E-state index in [1.165, 1.54) is 18.2 Å². The van der Waals surface area contributed by atoms with E-state index in [0.717, 1.165) is 5.56 Å². The van der Waals surface area contributed by atoms with Crippen LogP contribution in [0.4, 0.5) is 17.1 Å². The number of non-ortho nitro benzene ring substituents is 1. The topological polar surface area (TPSA) is 101 Å². The molecule has 2 amide bonds. The van der Waals surface area contributed by atoms with Gasteiger partial charge in [-0.05, 0) is 48.4 Å². The van der Waals surface area contributed by atoms with Gasteiger partial charge in [0.15, 0.2) is 0 Å². The summed E-state index contributed by atoms with van der Waals surface area (Å²) in [6, 6.07) is 11.2. The maximum atomic E-state index is 12.1. The smallest absolute Gasteiger partial charge is 0.269 e. The van der Waals surface area contributed by atoms with Crippen molar-refractivity contribution in [1.82, 2.24) is 0 Å². The number of nitro groups is 1. The van der Waals surface area contributed by atoms with Crippen molar-refractivity contribution in [2.75, 3.05) is 10.6 Å². The first-order valence-corrected chi connectivity index (χ1v) is 8.03. The number of hydrogen-bond acceptors (Lipinski definition) is 4. The minimum absolute atomic E-state index is 0.00633. The summed E-state index contributed by atoms with van der Waals surface area (Å²) in [6.45, 7) is 3.61. The summed E-state index contributed by atoms with van der Waals surface area (Å²) in [4.78, 5) is 33.7. The van der Waals surface area contributed by atoms with Crippen molar-refractivity contribution in [1.29, 1.82) is 0 Å². The summed E-state index contributed by atoms with van der Waals surface area (Å²) in [5.74, 6) is -0.449.